The first-order chi connectivity index (χ1) is 7.76. The highest BCUT2D eigenvalue weighted by molar-refractivity contribution is 5.74. The Bertz CT molecular complexity index is 562. The van der Waals surface area contributed by atoms with Crippen LogP contribution in [0.2, 0.25) is 0 Å². The van der Waals surface area contributed by atoms with Crippen molar-refractivity contribution in [2.24, 2.45) is 4.99 Å². The first-order valence-electron chi connectivity index (χ1n) is 5.35. The fourth-order valence-electron chi connectivity index (χ4n) is 1.80. The summed E-state index contributed by atoms with van der Waals surface area (Å²) >= 11 is 0. The van der Waals surface area contributed by atoms with Gasteiger partial charge in [0.2, 0.25) is 0 Å². The molecular formula is C13H15N3. The summed E-state index contributed by atoms with van der Waals surface area (Å²) in [6, 6.07) is 4.17. The van der Waals surface area contributed by atoms with Gasteiger partial charge in [-0.3, -0.25) is 4.99 Å². The van der Waals surface area contributed by atoms with Crippen LogP contribution in [0, 0.1) is 6.92 Å². The molecule has 2 aromatic rings. The zero-order valence-corrected chi connectivity index (χ0v) is 9.81. The number of imidazole rings is 1. The maximum absolute atomic E-state index is 4.34. The van der Waals surface area contributed by atoms with Crippen LogP contribution in [-0.4, -0.2) is 15.6 Å². The molecule has 0 N–H and O–H groups in total. The third-order valence-corrected chi connectivity index (χ3v) is 2.54. The van der Waals surface area contributed by atoms with Crippen molar-refractivity contribution in [2.75, 3.05) is 0 Å². The maximum atomic E-state index is 4.34. The summed E-state index contributed by atoms with van der Waals surface area (Å²) in [6.45, 7) is 5.99. The number of rotatable bonds is 2. The van der Waals surface area contributed by atoms with E-state index in [0.717, 1.165) is 22.6 Å². The third-order valence-electron chi connectivity index (χ3n) is 2.54. The Morgan fingerprint density at radius 3 is 2.88 bits per heavy atom. The molecule has 0 atom stereocenters. The van der Waals surface area contributed by atoms with Crippen molar-refractivity contribution in [3.8, 4) is 0 Å². The number of aliphatic imine (C=N–C) groups is 1. The molecule has 2 heterocycles. The van der Waals surface area contributed by atoms with Crippen LogP contribution >= 0.6 is 0 Å². The molecule has 0 aliphatic carbocycles. The third kappa shape index (κ3) is 1.76. The maximum Gasteiger partial charge on any atom is 0.137 e. The number of hydrogen-bond donors (Lipinski definition) is 0. The van der Waals surface area contributed by atoms with E-state index in [1.807, 2.05) is 32.3 Å². The molecule has 0 bridgehead atoms. The minimum atomic E-state index is 0.959. The van der Waals surface area contributed by atoms with Gasteiger partial charge in [-0.1, -0.05) is 6.08 Å². The Hall–Kier alpha value is -1.90. The fourth-order valence-corrected chi connectivity index (χ4v) is 1.80. The van der Waals surface area contributed by atoms with Crippen LogP contribution in [0.25, 0.3) is 11.3 Å². The lowest BCUT2D eigenvalue weighted by atomic mass is 10.1. The van der Waals surface area contributed by atoms with Gasteiger partial charge in [0.15, 0.2) is 0 Å². The van der Waals surface area contributed by atoms with E-state index < -0.39 is 0 Å². The van der Waals surface area contributed by atoms with Gasteiger partial charge in [-0.25, -0.2) is 4.98 Å². The highest BCUT2D eigenvalue weighted by Gasteiger charge is 2.03. The van der Waals surface area contributed by atoms with Gasteiger partial charge >= 0.3 is 0 Å². The average molecular weight is 213 g/mol. The Morgan fingerprint density at radius 2 is 2.19 bits per heavy atom. The first-order valence-corrected chi connectivity index (χ1v) is 5.35. The van der Waals surface area contributed by atoms with E-state index in [9.17, 15) is 0 Å². The average Bonchev–Trinajstić information content (AvgIpc) is 2.74. The van der Waals surface area contributed by atoms with Gasteiger partial charge in [0.25, 0.3) is 0 Å². The van der Waals surface area contributed by atoms with Crippen LogP contribution in [0.4, 0.5) is 0 Å². The minimum absolute atomic E-state index is 0.959. The van der Waals surface area contributed by atoms with Gasteiger partial charge in [0.05, 0.1) is 5.70 Å². The van der Waals surface area contributed by atoms with Crippen molar-refractivity contribution in [3.05, 3.63) is 41.9 Å². The van der Waals surface area contributed by atoms with Crippen LogP contribution in [-0.2, 0) is 0 Å². The molecule has 3 nitrogen and oxygen atoms in total. The number of aromatic nitrogens is 2. The predicted octanol–water partition coefficient (Wildman–Crippen LogP) is 3.09. The summed E-state index contributed by atoms with van der Waals surface area (Å²) in [4.78, 5) is 8.65. The number of aryl methyl sites for hydroxylation is 1. The lowest BCUT2D eigenvalue weighted by Gasteiger charge is -2.05. The van der Waals surface area contributed by atoms with Crippen molar-refractivity contribution in [1.29, 1.82) is 0 Å². The van der Waals surface area contributed by atoms with Crippen LogP contribution in [0.5, 0.6) is 0 Å². The van der Waals surface area contributed by atoms with Crippen molar-refractivity contribution >= 4 is 17.6 Å². The smallest absolute Gasteiger partial charge is 0.137 e. The molecule has 0 aliphatic heterocycles. The molecule has 2 aromatic heterocycles. The van der Waals surface area contributed by atoms with E-state index in [-0.39, 0.29) is 0 Å². The second-order valence-electron chi connectivity index (χ2n) is 3.60. The monoisotopic (exact) mass is 213 g/mol. The van der Waals surface area contributed by atoms with E-state index in [1.54, 1.807) is 6.21 Å². The van der Waals surface area contributed by atoms with Gasteiger partial charge in [0, 0.05) is 29.9 Å². The molecule has 0 saturated carbocycles. The van der Waals surface area contributed by atoms with E-state index in [4.69, 9.17) is 0 Å². The number of hydrogen-bond acceptors (Lipinski definition) is 2. The molecular weight excluding hydrogens is 198 g/mol. The quantitative estimate of drug-likeness (QED) is 0.705. The van der Waals surface area contributed by atoms with Gasteiger partial charge in [-0.05, 0) is 32.9 Å². The SMILES string of the molecule is C/C=N\C(=C/C)c1cc(C)n2ccnc2c1. The zero-order valence-electron chi connectivity index (χ0n) is 9.81. The standard InChI is InChI=1S/C13H15N3/c1-4-12(14-5-2)11-8-10(3)16-7-6-15-13(16)9-11/h4-9H,1-3H3/b12-4-,14-5-. The van der Waals surface area contributed by atoms with Crippen molar-refractivity contribution in [3.63, 3.8) is 0 Å². The molecule has 0 saturated heterocycles. The Labute approximate surface area is 95.2 Å². The molecule has 3 heteroatoms. The Morgan fingerprint density at radius 1 is 1.38 bits per heavy atom. The topological polar surface area (TPSA) is 29.7 Å². The summed E-state index contributed by atoms with van der Waals surface area (Å²) in [5.74, 6) is 0. The molecule has 2 rings (SSSR count). The fraction of sp³-hybridized carbons (Fsp3) is 0.231. The van der Waals surface area contributed by atoms with Crippen LogP contribution in [0.15, 0.2) is 35.6 Å². The zero-order chi connectivity index (χ0) is 11.5. The Balaban J connectivity index is 2.61. The molecule has 0 radical (unpaired) electrons. The number of pyridine rings is 1. The molecule has 0 aromatic carbocycles. The molecule has 0 amide bonds. The van der Waals surface area contributed by atoms with E-state index >= 15 is 0 Å². The van der Waals surface area contributed by atoms with Crippen molar-refractivity contribution < 1.29 is 0 Å². The summed E-state index contributed by atoms with van der Waals surface area (Å²) in [7, 11) is 0. The van der Waals surface area contributed by atoms with Gasteiger partial charge in [0.1, 0.15) is 5.65 Å². The van der Waals surface area contributed by atoms with Crippen LogP contribution in [0.3, 0.4) is 0 Å². The lowest BCUT2D eigenvalue weighted by Crippen LogP contribution is -1.93. The molecule has 0 aliphatic rings. The predicted molar refractivity (Wildman–Crippen MR) is 67.7 cm³/mol. The summed E-state index contributed by atoms with van der Waals surface area (Å²) in [6.07, 6.45) is 7.59. The largest absolute Gasteiger partial charge is 0.304 e. The summed E-state index contributed by atoms with van der Waals surface area (Å²) in [5.41, 5.74) is 4.21. The molecule has 0 fully saturated rings. The first kappa shape index (κ1) is 10.6. The van der Waals surface area contributed by atoms with Crippen molar-refractivity contribution in [2.45, 2.75) is 20.8 Å². The number of allylic oxidation sites excluding steroid dienone is 1. The minimum Gasteiger partial charge on any atom is -0.304 e. The van der Waals surface area contributed by atoms with E-state index in [1.165, 1.54) is 0 Å². The van der Waals surface area contributed by atoms with E-state index in [2.05, 4.69) is 33.4 Å². The molecule has 0 spiro atoms. The highest BCUT2D eigenvalue weighted by atomic mass is 15.0. The Kier molecular flexibility index (Phi) is 2.86. The van der Waals surface area contributed by atoms with Crippen molar-refractivity contribution in [1.82, 2.24) is 9.38 Å². The van der Waals surface area contributed by atoms with Crippen LogP contribution in [0.1, 0.15) is 25.1 Å². The second-order valence-corrected chi connectivity index (χ2v) is 3.60. The van der Waals surface area contributed by atoms with Gasteiger partial charge in [-0.15, -0.1) is 0 Å². The summed E-state index contributed by atoms with van der Waals surface area (Å²) in [5, 5.41) is 0. The molecule has 82 valence electrons. The lowest BCUT2D eigenvalue weighted by molar-refractivity contribution is 1.09. The molecule has 0 unspecified atom stereocenters. The number of nitrogens with zero attached hydrogens (tertiary/aromatic N) is 3. The second kappa shape index (κ2) is 4.31. The van der Waals surface area contributed by atoms with Gasteiger partial charge in [-0.2, -0.15) is 0 Å². The van der Waals surface area contributed by atoms with Gasteiger partial charge < -0.3 is 4.40 Å². The molecule has 16 heavy (non-hydrogen) atoms. The number of fused-ring (bicyclic) bond motifs is 1. The highest BCUT2D eigenvalue weighted by Crippen LogP contribution is 2.19. The summed E-state index contributed by atoms with van der Waals surface area (Å²) < 4.78 is 2.06. The van der Waals surface area contributed by atoms with E-state index in [0.29, 0.717) is 0 Å². The van der Waals surface area contributed by atoms with Crippen LogP contribution < -0.4 is 0 Å². The normalized spacial score (nSPS) is 12.8.